The third kappa shape index (κ3) is 4.73. The van der Waals surface area contributed by atoms with Gasteiger partial charge < -0.3 is 15.7 Å². The highest BCUT2D eigenvalue weighted by Gasteiger charge is 2.30. The maximum absolute atomic E-state index is 11.4. The molecule has 1 aliphatic carbocycles. The van der Waals surface area contributed by atoms with Gasteiger partial charge in [0.15, 0.2) is 0 Å². The van der Waals surface area contributed by atoms with E-state index in [0.29, 0.717) is 13.0 Å². The van der Waals surface area contributed by atoms with Crippen LogP contribution in [-0.2, 0) is 14.4 Å². The lowest BCUT2D eigenvalue weighted by Gasteiger charge is -2.28. The quantitative estimate of drug-likeness (QED) is 0.651. The van der Waals surface area contributed by atoms with E-state index < -0.39 is 5.97 Å². The molecule has 6 heteroatoms. The van der Waals surface area contributed by atoms with Crippen molar-refractivity contribution >= 4 is 17.8 Å². The average molecular weight is 256 g/mol. The van der Waals surface area contributed by atoms with Gasteiger partial charge in [-0.15, -0.1) is 0 Å². The van der Waals surface area contributed by atoms with Gasteiger partial charge in [0.1, 0.15) is 0 Å². The first-order valence-corrected chi connectivity index (χ1v) is 6.24. The minimum Gasteiger partial charge on any atom is -0.481 e. The van der Waals surface area contributed by atoms with Crippen molar-refractivity contribution in [3.8, 4) is 0 Å². The fourth-order valence-electron chi connectivity index (χ4n) is 2.29. The fourth-order valence-corrected chi connectivity index (χ4v) is 2.29. The number of rotatable bonds is 5. The Bertz CT molecular complexity index is 330. The monoisotopic (exact) mass is 256 g/mol. The summed E-state index contributed by atoms with van der Waals surface area (Å²) in [7, 11) is 0. The summed E-state index contributed by atoms with van der Waals surface area (Å²) >= 11 is 0. The summed E-state index contributed by atoms with van der Waals surface area (Å²) in [4.78, 5) is 33.1. The predicted molar refractivity (Wildman–Crippen MR) is 64.8 cm³/mol. The van der Waals surface area contributed by atoms with E-state index in [4.69, 9.17) is 5.11 Å². The molecule has 0 radical (unpaired) electrons. The molecule has 0 spiro atoms. The molecule has 0 aromatic rings. The minimum atomic E-state index is -0.782. The first-order chi connectivity index (χ1) is 8.50. The van der Waals surface area contributed by atoms with Crippen LogP contribution in [-0.4, -0.2) is 36.0 Å². The molecule has 1 rings (SSSR count). The summed E-state index contributed by atoms with van der Waals surface area (Å²) in [5.74, 6) is -1.68. The molecular formula is C12H20N2O4. The van der Waals surface area contributed by atoms with Gasteiger partial charge in [0.25, 0.3) is 0 Å². The van der Waals surface area contributed by atoms with E-state index in [2.05, 4.69) is 10.6 Å². The van der Waals surface area contributed by atoms with Crippen molar-refractivity contribution in [3.05, 3.63) is 0 Å². The van der Waals surface area contributed by atoms with E-state index in [1.54, 1.807) is 0 Å². The molecule has 2 amide bonds. The lowest BCUT2D eigenvalue weighted by atomic mass is 9.79. The van der Waals surface area contributed by atoms with Crippen molar-refractivity contribution in [2.24, 2.45) is 11.8 Å². The Morgan fingerprint density at radius 1 is 1.17 bits per heavy atom. The van der Waals surface area contributed by atoms with Crippen LogP contribution >= 0.6 is 0 Å². The molecule has 2 atom stereocenters. The Balaban J connectivity index is 2.34. The van der Waals surface area contributed by atoms with Crippen LogP contribution < -0.4 is 10.6 Å². The fraction of sp³-hybridized carbons (Fsp3) is 0.750. The van der Waals surface area contributed by atoms with Crippen LogP contribution in [0.2, 0.25) is 0 Å². The number of hydrogen-bond acceptors (Lipinski definition) is 3. The van der Waals surface area contributed by atoms with Gasteiger partial charge >= 0.3 is 5.97 Å². The molecule has 1 aliphatic rings. The maximum Gasteiger partial charge on any atom is 0.306 e. The van der Waals surface area contributed by atoms with Crippen LogP contribution in [0.4, 0.5) is 0 Å². The number of amides is 2. The van der Waals surface area contributed by atoms with Gasteiger partial charge in [-0.05, 0) is 18.8 Å². The molecule has 0 aromatic heterocycles. The van der Waals surface area contributed by atoms with E-state index in [0.717, 1.165) is 19.3 Å². The van der Waals surface area contributed by atoms with Crippen LogP contribution in [0.5, 0.6) is 0 Å². The molecule has 3 N–H and O–H groups in total. The van der Waals surface area contributed by atoms with Crippen molar-refractivity contribution in [2.45, 2.75) is 32.6 Å². The maximum atomic E-state index is 11.4. The normalized spacial score (nSPS) is 23.2. The molecule has 1 fully saturated rings. The first kappa shape index (κ1) is 14.5. The SMILES string of the molecule is CC(=O)NCC(=O)NCC1CCCCC1C(=O)O. The van der Waals surface area contributed by atoms with E-state index in [1.165, 1.54) is 6.92 Å². The van der Waals surface area contributed by atoms with Gasteiger partial charge in [-0.2, -0.15) is 0 Å². The number of carbonyl (C=O) groups excluding carboxylic acids is 2. The number of nitrogens with one attached hydrogen (secondary N) is 2. The Morgan fingerprint density at radius 2 is 1.83 bits per heavy atom. The smallest absolute Gasteiger partial charge is 0.306 e. The molecule has 0 bridgehead atoms. The van der Waals surface area contributed by atoms with E-state index >= 15 is 0 Å². The van der Waals surface area contributed by atoms with Crippen molar-refractivity contribution in [2.75, 3.05) is 13.1 Å². The number of carbonyl (C=O) groups is 3. The number of carboxylic acids is 1. The molecule has 6 nitrogen and oxygen atoms in total. The summed E-state index contributed by atoms with van der Waals surface area (Å²) in [5, 5.41) is 14.2. The Labute approximate surface area is 106 Å². The van der Waals surface area contributed by atoms with Gasteiger partial charge in [-0.1, -0.05) is 12.8 Å². The predicted octanol–water partition coefficient (Wildman–Crippen LogP) is 0.130. The molecule has 0 heterocycles. The lowest BCUT2D eigenvalue weighted by Crippen LogP contribution is -2.41. The lowest BCUT2D eigenvalue weighted by molar-refractivity contribution is -0.145. The van der Waals surface area contributed by atoms with Gasteiger partial charge in [0.05, 0.1) is 12.5 Å². The molecule has 0 saturated heterocycles. The topological polar surface area (TPSA) is 95.5 Å². The van der Waals surface area contributed by atoms with Crippen molar-refractivity contribution in [1.29, 1.82) is 0 Å². The zero-order valence-corrected chi connectivity index (χ0v) is 10.6. The summed E-state index contributed by atoms with van der Waals surface area (Å²) in [6.45, 7) is 1.66. The third-order valence-corrected chi connectivity index (χ3v) is 3.29. The van der Waals surface area contributed by atoms with Crippen LogP contribution in [0.1, 0.15) is 32.6 Å². The number of aliphatic carboxylic acids is 1. The van der Waals surface area contributed by atoms with Crippen LogP contribution in [0, 0.1) is 11.8 Å². The highest BCUT2D eigenvalue weighted by atomic mass is 16.4. The molecule has 0 aliphatic heterocycles. The largest absolute Gasteiger partial charge is 0.481 e. The molecule has 18 heavy (non-hydrogen) atoms. The van der Waals surface area contributed by atoms with Crippen molar-refractivity contribution in [1.82, 2.24) is 10.6 Å². The molecule has 102 valence electrons. The zero-order valence-electron chi connectivity index (χ0n) is 10.6. The summed E-state index contributed by atoms with van der Waals surface area (Å²) < 4.78 is 0. The van der Waals surface area contributed by atoms with Crippen LogP contribution in [0.3, 0.4) is 0 Å². The highest BCUT2D eigenvalue weighted by Crippen LogP contribution is 2.29. The number of hydrogen-bond donors (Lipinski definition) is 3. The molecular weight excluding hydrogens is 236 g/mol. The standard InChI is InChI=1S/C12H20N2O4/c1-8(15)13-7-11(16)14-6-9-4-2-3-5-10(9)12(17)18/h9-10H,2-7H2,1H3,(H,13,15)(H,14,16)(H,17,18). The third-order valence-electron chi connectivity index (χ3n) is 3.29. The van der Waals surface area contributed by atoms with Crippen molar-refractivity contribution in [3.63, 3.8) is 0 Å². The highest BCUT2D eigenvalue weighted by molar-refractivity contribution is 5.83. The second-order valence-corrected chi connectivity index (χ2v) is 4.70. The molecule has 0 aromatic carbocycles. The second kappa shape index (κ2) is 6.98. The average Bonchev–Trinajstić information content (AvgIpc) is 2.34. The minimum absolute atomic E-state index is 0.00229. The Hall–Kier alpha value is -1.59. The summed E-state index contributed by atoms with van der Waals surface area (Å²) in [5.41, 5.74) is 0. The molecule has 1 saturated carbocycles. The van der Waals surface area contributed by atoms with Crippen LogP contribution in [0.25, 0.3) is 0 Å². The Kier molecular flexibility index (Phi) is 5.61. The second-order valence-electron chi connectivity index (χ2n) is 4.70. The van der Waals surface area contributed by atoms with Crippen molar-refractivity contribution < 1.29 is 19.5 Å². The van der Waals surface area contributed by atoms with Crippen LogP contribution in [0.15, 0.2) is 0 Å². The van der Waals surface area contributed by atoms with Gasteiger partial charge in [0, 0.05) is 13.5 Å². The van der Waals surface area contributed by atoms with Gasteiger partial charge in [0.2, 0.25) is 11.8 Å². The molecule has 2 unspecified atom stereocenters. The van der Waals surface area contributed by atoms with E-state index in [9.17, 15) is 14.4 Å². The zero-order chi connectivity index (χ0) is 13.5. The van der Waals surface area contributed by atoms with E-state index in [-0.39, 0.29) is 30.2 Å². The van der Waals surface area contributed by atoms with Gasteiger partial charge in [-0.3, -0.25) is 14.4 Å². The van der Waals surface area contributed by atoms with Gasteiger partial charge in [-0.25, -0.2) is 0 Å². The summed E-state index contributed by atoms with van der Waals surface area (Å²) in [6.07, 6.45) is 3.46. The Morgan fingerprint density at radius 3 is 2.44 bits per heavy atom. The summed E-state index contributed by atoms with van der Waals surface area (Å²) in [6, 6.07) is 0. The van der Waals surface area contributed by atoms with E-state index in [1.807, 2.05) is 0 Å². The first-order valence-electron chi connectivity index (χ1n) is 6.24. The number of carboxylic acid groups (broad SMARTS) is 1.